The molecule has 0 saturated heterocycles. The number of aliphatic hydroxyl groups is 1. The molecule has 6 nitrogen and oxygen atoms in total. The molecule has 5 rings (SSSR count). The second-order valence-electron chi connectivity index (χ2n) is 11.0. The first-order chi connectivity index (χ1) is 19.0. The lowest BCUT2D eigenvalue weighted by atomic mass is 9.78. The number of carbonyl (C=O) groups is 1. The van der Waals surface area contributed by atoms with Crippen molar-refractivity contribution >= 4 is 11.6 Å². The average Bonchev–Trinajstić information content (AvgIpc) is 3.49. The summed E-state index contributed by atoms with van der Waals surface area (Å²) in [6.45, 7) is 2.81. The van der Waals surface area contributed by atoms with Gasteiger partial charge >= 0.3 is 0 Å². The second-order valence-corrected chi connectivity index (χ2v) is 11.0. The molecule has 0 radical (unpaired) electrons. The van der Waals surface area contributed by atoms with E-state index in [1.54, 1.807) is 13.3 Å². The van der Waals surface area contributed by atoms with Crippen molar-refractivity contribution in [3.8, 4) is 17.6 Å². The molecule has 0 aliphatic heterocycles. The Morgan fingerprint density at radius 1 is 1.05 bits per heavy atom. The van der Waals surface area contributed by atoms with E-state index < -0.39 is 0 Å². The summed E-state index contributed by atoms with van der Waals surface area (Å²) in [5.41, 5.74) is 4.27. The van der Waals surface area contributed by atoms with Crippen LogP contribution in [0.5, 0.6) is 5.75 Å². The summed E-state index contributed by atoms with van der Waals surface area (Å²) in [5.74, 6) is 8.50. The molecular weight excluding hydrogens is 488 g/mol. The predicted molar refractivity (Wildman–Crippen MR) is 152 cm³/mol. The van der Waals surface area contributed by atoms with Gasteiger partial charge in [0.2, 0.25) is 5.91 Å². The Morgan fingerprint density at radius 3 is 2.54 bits per heavy atom. The minimum absolute atomic E-state index is 0.0472. The van der Waals surface area contributed by atoms with E-state index in [0.717, 1.165) is 55.5 Å². The third-order valence-electron chi connectivity index (χ3n) is 8.39. The van der Waals surface area contributed by atoms with Crippen LogP contribution in [0.1, 0.15) is 79.9 Å². The van der Waals surface area contributed by atoms with E-state index in [1.807, 2.05) is 29.2 Å². The van der Waals surface area contributed by atoms with Gasteiger partial charge in [0.05, 0.1) is 19.4 Å². The van der Waals surface area contributed by atoms with Crippen molar-refractivity contribution < 1.29 is 19.1 Å². The Balaban J connectivity index is 1.31. The SMILES string of the molecule is COc1ccc([C@H]2CC[C@H](CN(c3cccc(C#Cc4ncco4)c3)C(=O)[C@H]3CC[C@H](O)CC3)CC2)cc1C. The summed E-state index contributed by atoms with van der Waals surface area (Å²) < 4.78 is 10.7. The maximum atomic E-state index is 13.9. The highest BCUT2D eigenvalue weighted by atomic mass is 16.5. The Bertz CT molecular complexity index is 1310. The summed E-state index contributed by atoms with van der Waals surface area (Å²) in [6.07, 6.45) is 10.1. The van der Waals surface area contributed by atoms with Crippen LogP contribution in [-0.4, -0.2) is 35.8 Å². The number of anilines is 1. The van der Waals surface area contributed by atoms with Crippen LogP contribution in [0, 0.1) is 30.6 Å². The number of amides is 1. The number of hydrogen-bond acceptors (Lipinski definition) is 5. The smallest absolute Gasteiger partial charge is 0.273 e. The average molecular weight is 527 g/mol. The number of benzene rings is 2. The molecule has 1 amide bonds. The fraction of sp³-hybridized carbons (Fsp3) is 0.455. The number of aromatic nitrogens is 1. The summed E-state index contributed by atoms with van der Waals surface area (Å²) in [7, 11) is 1.72. The number of aryl methyl sites for hydroxylation is 1. The number of rotatable bonds is 6. The first-order valence-electron chi connectivity index (χ1n) is 14.2. The fourth-order valence-corrected chi connectivity index (χ4v) is 6.12. The molecule has 2 saturated carbocycles. The van der Waals surface area contributed by atoms with Gasteiger partial charge in [-0.05, 0) is 111 Å². The molecule has 6 heteroatoms. The van der Waals surface area contributed by atoms with Gasteiger partial charge < -0.3 is 19.2 Å². The highest BCUT2D eigenvalue weighted by Crippen LogP contribution is 2.38. The lowest BCUT2D eigenvalue weighted by Crippen LogP contribution is -2.41. The number of aliphatic hydroxyl groups excluding tert-OH is 1. The third-order valence-corrected chi connectivity index (χ3v) is 8.39. The second kappa shape index (κ2) is 12.5. The quantitative estimate of drug-likeness (QED) is 0.384. The lowest BCUT2D eigenvalue weighted by Gasteiger charge is -2.36. The summed E-state index contributed by atoms with van der Waals surface area (Å²) >= 11 is 0. The van der Waals surface area contributed by atoms with Crippen LogP contribution in [0.25, 0.3) is 0 Å². The molecule has 1 heterocycles. The van der Waals surface area contributed by atoms with Gasteiger partial charge in [-0.25, -0.2) is 4.98 Å². The van der Waals surface area contributed by atoms with Crippen molar-refractivity contribution in [3.05, 3.63) is 77.5 Å². The molecule has 0 spiro atoms. The Morgan fingerprint density at radius 2 is 1.85 bits per heavy atom. The minimum Gasteiger partial charge on any atom is -0.496 e. The van der Waals surface area contributed by atoms with Gasteiger partial charge in [-0.3, -0.25) is 4.79 Å². The van der Waals surface area contributed by atoms with Crippen molar-refractivity contribution in [2.24, 2.45) is 11.8 Å². The molecule has 1 N–H and O–H groups in total. The number of ether oxygens (including phenoxy) is 1. The molecule has 2 aliphatic carbocycles. The van der Waals surface area contributed by atoms with Crippen LogP contribution >= 0.6 is 0 Å². The van der Waals surface area contributed by atoms with E-state index in [4.69, 9.17) is 9.15 Å². The van der Waals surface area contributed by atoms with Crippen LogP contribution < -0.4 is 9.64 Å². The molecular formula is C33H38N2O4. The van der Waals surface area contributed by atoms with E-state index in [-0.39, 0.29) is 17.9 Å². The maximum Gasteiger partial charge on any atom is 0.273 e. The van der Waals surface area contributed by atoms with Gasteiger partial charge in [0.25, 0.3) is 5.89 Å². The molecule has 204 valence electrons. The standard InChI is InChI=1S/C33H38N2O4/c1-23-20-28(13-16-31(23)38-2)26-9-6-25(7-10-26)22-35(33(37)27-11-14-30(36)15-12-27)29-5-3-4-24(21-29)8-17-32-34-18-19-39-32/h3-5,13,16,18-21,25-27,30,36H,6-7,9-12,14-15,22H2,1-2H3/t25-,26-,27-,30-. The molecule has 2 aliphatic rings. The van der Waals surface area contributed by atoms with Gasteiger partial charge in [0.15, 0.2) is 0 Å². The summed E-state index contributed by atoms with van der Waals surface area (Å²) in [6, 6.07) is 14.5. The zero-order valence-electron chi connectivity index (χ0n) is 22.9. The van der Waals surface area contributed by atoms with Gasteiger partial charge in [-0.15, -0.1) is 0 Å². The molecule has 0 bridgehead atoms. The van der Waals surface area contributed by atoms with Crippen LogP contribution in [0.15, 0.2) is 59.3 Å². The first kappa shape index (κ1) is 27.0. The molecule has 2 fully saturated rings. The fourth-order valence-electron chi connectivity index (χ4n) is 6.12. The topological polar surface area (TPSA) is 75.8 Å². The minimum atomic E-state index is -0.284. The van der Waals surface area contributed by atoms with Crippen molar-refractivity contribution in [2.75, 3.05) is 18.6 Å². The van der Waals surface area contributed by atoms with E-state index in [0.29, 0.717) is 37.1 Å². The van der Waals surface area contributed by atoms with Gasteiger partial charge in [0.1, 0.15) is 12.0 Å². The molecule has 0 unspecified atom stereocenters. The molecule has 1 aromatic heterocycles. The molecule has 39 heavy (non-hydrogen) atoms. The van der Waals surface area contributed by atoms with E-state index >= 15 is 0 Å². The van der Waals surface area contributed by atoms with E-state index in [2.05, 4.69) is 41.9 Å². The first-order valence-corrected chi connectivity index (χ1v) is 14.2. The third kappa shape index (κ3) is 6.72. The zero-order valence-corrected chi connectivity index (χ0v) is 22.9. The summed E-state index contributed by atoms with van der Waals surface area (Å²) in [5, 5.41) is 10.0. The van der Waals surface area contributed by atoms with Gasteiger partial charge in [0, 0.05) is 23.7 Å². The van der Waals surface area contributed by atoms with Crippen LogP contribution in [-0.2, 0) is 4.79 Å². The number of carbonyl (C=O) groups excluding carboxylic acids is 1. The molecule has 0 atom stereocenters. The Labute approximate surface area is 231 Å². The van der Waals surface area contributed by atoms with Crippen molar-refractivity contribution in [1.29, 1.82) is 0 Å². The molecule has 3 aromatic rings. The number of nitrogens with zero attached hydrogens (tertiary/aromatic N) is 2. The monoisotopic (exact) mass is 526 g/mol. The number of hydrogen-bond donors (Lipinski definition) is 1. The lowest BCUT2D eigenvalue weighted by molar-refractivity contribution is -0.124. The van der Waals surface area contributed by atoms with Crippen LogP contribution in [0.3, 0.4) is 0 Å². The number of oxazole rings is 1. The van der Waals surface area contributed by atoms with Gasteiger partial charge in [-0.2, -0.15) is 0 Å². The van der Waals surface area contributed by atoms with Crippen molar-refractivity contribution in [3.63, 3.8) is 0 Å². The highest BCUT2D eigenvalue weighted by Gasteiger charge is 2.32. The van der Waals surface area contributed by atoms with Crippen molar-refractivity contribution in [2.45, 2.75) is 70.3 Å². The highest BCUT2D eigenvalue weighted by molar-refractivity contribution is 5.95. The van der Waals surface area contributed by atoms with Crippen LogP contribution in [0.2, 0.25) is 0 Å². The Hall–Kier alpha value is -3.56. The normalized spacial score (nSPS) is 22.9. The van der Waals surface area contributed by atoms with Crippen molar-refractivity contribution in [1.82, 2.24) is 4.98 Å². The predicted octanol–water partition coefficient (Wildman–Crippen LogP) is 6.25. The van der Waals surface area contributed by atoms with E-state index in [1.165, 1.54) is 17.4 Å². The van der Waals surface area contributed by atoms with Crippen LogP contribution in [0.4, 0.5) is 5.69 Å². The van der Waals surface area contributed by atoms with E-state index in [9.17, 15) is 9.90 Å². The molecule has 2 aromatic carbocycles. The summed E-state index contributed by atoms with van der Waals surface area (Å²) in [4.78, 5) is 20.0. The zero-order chi connectivity index (χ0) is 27.2. The number of methoxy groups -OCH3 is 1. The Kier molecular flexibility index (Phi) is 8.68. The van der Waals surface area contributed by atoms with Gasteiger partial charge in [-0.1, -0.05) is 24.1 Å². The largest absolute Gasteiger partial charge is 0.496 e. The maximum absolute atomic E-state index is 13.9.